The lowest BCUT2D eigenvalue weighted by Crippen LogP contribution is -2.05. The van der Waals surface area contributed by atoms with Gasteiger partial charge in [0.05, 0.1) is 7.11 Å². The predicted molar refractivity (Wildman–Crippen MR) is 87.0 cm³/mol. The number of methoxy groups -OCH3 is 1. The van der Waals surface area contributed by atoms with E-state index in [1.165, 1.54) is 6.08 Å². The van der Waals surface area contributed by atoms with Crippen LogP contribution >= 0.6 is 11.6 Å². The first-order valence-electron chi connectivity index (χ1n) is 6.62. The molecule has 0 heterocycles. The van der Waals surface area contributed by atoms with Gasteiger partial charge in [-0.15, -0.1) is 0 Å². The number of primary amides is 1. The van der Waals surface area contributed by atoms with Crippen LogP contribution in [0.1, 0.15) is 11.1 Å². The van der Waals surface area contributed by atoms with Crippen molar-refractivity contribution in [2.45, 2.75) is 6.61 Å². The van der Waals surface area contributed by atoms with Crippen molar-refractivity contribution in [1.29, 1.82) is 0 Å². The number of ether oxygens (including phenoxy) is 2. The molecule has 0 bridgehead atoms. The number of rotatable bonds is 6. The van der Waals surface area contributed by atoms with Gasteiger partial charge >= 0.3 is 0 Å². The molecular weight excluding hydrogens is 302 g/mol. The summed E-state index contributed by atoms with van der Waals surface area (Å²) in [6.07, 6.45) is 2.86. The molecule has 4 nitrogen and oxygen atoms in total. The van der Waals surface area contributed by atoms with E-state index in [9.17, 15) is 4.79 Å². The van der Waals surface area contributed by atoms with E-state index in [4.69, 9.17) is 26.8 Å². The standard InChI is InChI=1S/C17H16ClNO3/c1-21-15-8-4-6-12(9-10-16(19)20)17(15)22-11-13-5-2-3-7-14(13)18/h2-10H,11H2,1H3,(H2,19,20). The number of benzene rings is 2. The SMILES string of the molecule is COc1cccc(C=CC(N)=O)c1OCc1ccccc1Cl. The van der Waals surface area contributed by atoms with Gasteiger partial charge in [0.2, 0.25) is 5.91 Å². The van der Waals surface area contributed by atoms with Crippen molar-refractivity contribution in [3.63, 3.8) is 0 Å². The van der Waals surface area contributed by atoms with Gasteiger partial charge < -0.3 is 15.2 Å². The Balaban J connectivity index is 2.28. The Hall–Kier alpha value is -2.46. The third-order valence-corrected chi connectivity index (χ3v) is 3.36. The summed E-state index contributed by atoms with van der Waals surface area (Å²) in [5.41, 5.74) is 6.69. The summed E-state index contributed by atoms with van der Waals surface area (Å²) in [5, 5.41) is 0.631. The average Bonchev–Trinajstić information content (AvgIpc) is 2.52. The summed E-state index contributed by atoms with van der Waals surface area (Å²) in [4.78, 5) is 10.9. The molecule has 2 rings (SSSR count). The lowest BCUT2D eigenvalue weighted by Gasteiger charge is -2.14. The Bertz CT molecular complexity index is 698. The van der Waals surface area contributed by atoms with Crippen LogP contribution in [-0.4, -0.2) is 13.0 Å². The molecular formula is C17H16ClNO3. The summed E-state index contributed by atoms with van der Waals surface area (Å²) >= 11 is 6.12. The van der Waals surface area contributed by atoms with Crippen molar-refractivity contribution >= 4 is 23.6 Å². The average molecular weight is 318 g/mol. The smallest absolute Gasteiger partial charge is 0.241 e. The van der Waals surface area contributed by atoms with Crippen LogP contribution < -0.4 is 15.2 Å². The van der Waals surface area contributed by atoms with Gasteiger partial charge in [-0.2, -0.15) is 0 Å². The van der Waals surface area contributed by atoms with Gasteiger partial charge in [0.25, 0.3) is 0 Å². The molecule has 0 aliphatic heterocycles. The summed E-state index contributed by atoms with van der Waals surface area (Å²) in [7, 11) is 1.55. The zero-order valence-electron chi connectivity index (χ0n) is 12.1. The number of carbonyl (C=O) groups excluding carboxylic acids is 1. The van der Waals surface area contributed by atoms with E-state index in [0.717, 1.165) is 5.56 Å². The van der Waals surface area contributed by atoms with Crippen LogP contribution in [0.2, 0.25) is 5.02 Å². The molecule has 0 aliphatic rings. The quantitative estimate of drug-likeness (QED) is 0.830. The molecule has 0 fully saturated rings. The number of nitrogens with two attached hydrogens (primary N) is 1. The lowest BCUT2D eigenvalue weighted by atomic mass is 10.1. The van der Waals surface area contributed by atoms with E-state index in [-0.39, 0.29) is 6.61 Å². The molecule has 0 unspecified atom stereocenters. The molecule has 0 saturated heterocycles. The normalized spacial score (nSPS) is 10.6. The second-order valence-electron chi connectivity index (χ2n) is 4.49. The minimum Gasteiger partial charge on any atom is -0.493 e. The van der Waals surface area contributed by atoms with Crippen molar-refractivity contribution in [1.82, 2.24) is 0 Å². The molecule has 1 amide bonds. The third kappa shape index (κ3) is 4.02. The molecule has 22 heavy (non-hydrogen) atoms. The maximum absolute atomic E-state index is 10.9. The van der Waals surface area contributed by atoms with Crippen LogP contribution in [0.15, 0.2) is 48.5 Å². The summed E-state index contributed by atoms with van der Waals surface area (Å²) in [6.45, 7) is 0.289. The zero-order valence-corrected chi connectivity index (χ0v) is 12.8. The highest BCUT2D eigenvalue weighted by molar-refractivity contribution is 6.31. The molecule has 0 spiro atoms. The number of para-hydroxylation sites is 1. The lowest BCUT2D eigenvalue weighted by molar-refractivity contribution is -0.113. The topological polar surface area (TPSA) is 61.5 Å². The molecule has 2 aromatic carbocycles. The Labute approximate surface area is 134 Å². The van der Waals surface area contributed by atoms with Crippen LogP contribution in [0.25, 0.3) is 6.08 Å². The maximum Gasteiger partial charge on any atom is 0.241 e. The van der Waals surface area contributed by atoms with Crippen molar-refractivity contribution in [3.05, 3.63) is 64.7 Å². The van der Waals surface area contributed by atoms with E-state index in [1.807, 2.05) is 30.3 Å². The highest BCUT2D eigenvalue weighted by atomic mass is 35.5. The van der Waals surface area contributed by atoms with Crippen LogP contribution in [0.5, 0.6) is 11.5 Å². The summed E-state index contributed by atoms with van der Waals surface area (Å²) in [5.74, 6) is 0.570. The predicted octanol–water partition coefficient (Wildman–Crippen LogP) is 3.43. The first kappa shape index (κ1) is 15.9. The molecule has 2 N–H and O–H groups in total. The number of amides is 1. The zero-order chi connectivity index (χ0) is 15.9. The van der Waals surface area contributed by atoms with E-state index < -0.39 is 5.91 Å². The molecule has 2 aromatic rings. The molecule has 0 saturated carbocycles. The fourth-order valence-corrected chi connectivity index (χ4v) is 2.11. The minimum atomic E-state index is -0.528. The summed E-state index contributed by atoms with van der Waals surface area (Å²) < 4.78 is 11.1. The van der Waals surface area contributed by atoms with Crippen LogP contribution in [0, 0.1) is 0 Å². The Kier molecular flexibility index (Phi) is 5.44. The van der Waals surface area contributed by atoms with E-state index in [0.29, 0.717) is 22.1 Å². The van der Waals surface area contributed by atoms with E-state index >= 15 is 0 Å². The van der Waals surface area contributed by atoms with Gasteiger partial charge in [-0.3, -0.25) is 4.79 Å². The van der Waals surface area contributed by atoms with Gasteiger partial charge in [-0.1, -0.05) is 41.9 Å². The highest BCUT2D eigenvalue weighted by Crippen LogP contribution is 2.33. The number of hydrogen-bond acceptors (Lipinski definition) is 3. The first-order chi connectivity index (χ1) is 10.6. The van der Waals surface area contributed by atoms with Crippen LogP contribution in [0.4, 0.5) is 0 Å². The first-order valence-corrected chi connectivity index (χ1v) is 7.00. The van der Waals surface area contributed by atoms with Gasteiger partial charge in [0, 0.05) is 22.2 Å². The van der Waals surface area contributed by atoms with E-state index in [2.05, 4.69) is 0 Å². The Morgan fingerprint density at radius 2 is 2.00 bits per heavy atom. The number of hydrogen-bond donors (Lipinski definition) is 1. The van der Waals surface area contributed by atoms with Gasteiger partial charge in [-0.25, -0.2) is 0 Å². The van der Waals surface area contributed by atoms with Gasteiger partial charge in [0.1, 0.15) is 6.61 Å². The maximum atomic E-state index is 10.9. The molecule has 0 atom stereocenters. The Morgan fingerprint density at radius 1 is 1.23 bits per heavy atom. The highest BCUT2D eigenvalue weighted by Gasteiger charge is 2.10. The third-order valence-electron chi connectivity index (χ3n) is 2.99. The largest absolute Gasteiger partial charge is 0.493 e. The van der Waals surface area contributed by atoms with Crippen LogP contribution in [-0.2, 0) is 11.4 Å². The molecule has 114 valence electrons. The van der Waals surface area contributed by atoms with Gasteiger partial charge in [-0.05, 0) is 18.2 Å². The summed E-state index contributed by atoms with van der Waals surface area (Å²) in [6, 6.07) is 12.8. The fraction of sp³-hybridized carbons (Fsp3) is 0.118. The Morgan fingerprint density at radius 3 is 2.68 bits per heavy atom. The molecule has 0 aliphatic carbocycles. The molecule has 0 aromatic heterocycles. The van der Waals surface area contributed by atoms with Crippen molar-refractivity contribution in [3.8, 4) is 11.5 Å². The monoisotopic (exact) mass is 317 g/mol. The van der Waals surface area contributed by atoms with Crippen molar-refractivity contribution in [2.75, 3.05) is 7.11 Å². The molecule has 0 radical (unpaired) electrons. The number of carbonyl (C=O) groups is 1. The van der Waals surface area contributed by atoms with Crippen molar-refractivity contribution in [2.24, 2.45) is 5.73 Å². The fourth-order valence-electron chi connectivity index (χ4n) is 1.92. The minimum absolute atomic E-state index is 0.289. The van der Waals surface area contributed by atoms with Gasteiger partial charge in [0.15, 0.2) is 11.5 Å². The molecule has 5 heteroatoms. The van der Waals surface area contributed by atoms with Crippen LogP contribution in [0.3, 0.4) is 0 Å². The second-order valence-corrected chi connectivity index (χ2v) is 4.90. The van der Waals surface area contributed by atoms with E-state index in [1.54, 1.807) is 25.3 Å². The number of halogens is 1. The second kappa shape index (κ2) is 7.52. The van der Waals surface area contributed by atoms with Crippen molar-refractivity contribution < 1.29 is 14.3 Å².